The number of amides is 2. The number of halogens is 1. The zero-order chi connectivity index (χ0) is 14.3. The molecule has 102 valence electrons. The molecule has 19 heavy (non-hydrogen) atoms. The maximum Gasteiger partial charge on any atom is 0.335 e. The number of urea groups is 1. The Labute approximate surface area is 116 Å². The molecule has 1 aromatic carbocycles. The van der Waals surface area contributed by atoms with Crippen LogP contribution >= 0.6 is 11.6 Å². The lowest BCUT2D eigenvalue weighted by Crippen LogP contribution is -2.37. The SMILES string of the molecule is C=C(Cl)CNC(=O)NCCc1ccccc1C(=O)O. The summed E-state index contributed by atoms with van der Waals surface area (Å²) >= 11 is 5.51. The second-order valence-electron chi connectivity index (χ2n) is 3.84. The van der Waals surface area contributed by atoms with Gasteiger partial charge in [-0.3, -0.25) is 0 Å². The third-order valence-electron chi connectivity index (χ3n) is 2.37. The van der Waals surface area contributed by atoms with E-state index in [1.54, 1.807) is 18.2 Å². The summed E-state index contributed by atoms with van der Waals surface area (Å²) in [6.45, 7) is 3.98. The molecule has 2 amide bonds. The van der Waals surface area contributed by atoms with Crippen molar-refractivity contribution in [1.29, 1.82) is 0 Å². The zero-order valence-electron chi connectivity index (χ0n) is 10.3. The molecule has 1 aromatic rings. The zero-order valence-corrected chi connectivity index (χ0v) is 11.0. The number of carbonyl (C=O) groups is 2. The molecule has 0 atom stereocenters. The van der Waals surface area contributed by atoms with Gasteiger partial charge in [0.15, 0.2) is 0 Å². The molecule has 0 radical (unpaired) electrons. The average Bonchev–Trinajstić information content (AvgIpc) is 2.36. The molecule has 0 bridgehead atoms. The highest BCUT2D eigenvalue weighted by Crippen LogP contribution is 2.08. The van der Waals surface area contributed by atoms with Crippen molar-refractivity contribution >= 4 is 23.6 Å². The van der Waals surface area contributed by atoms with Crippen LogP contribution in [-0.2, 0) is 6.42 Å². The molecule has 0 saturated heterocycles. The van der Waals surface area contributed by atoms with Crippen molar-refractivity contribution in [3.05, 3.63) is 47.0 Å². The number of benzene rings is 1. The van der Waals surface area contributed by atoms with Gasteiger partial charge in [-0.05, 0) is 18.1 Å². The molecule has 0 fully saturated rings. The van der Waals surface area contributed by atoms with Crippen molar-refractivity contribution in [2.24, 2.45) is 0 Å². The lowest BCUT2D eigenvalue weighted by molar-refractivity contribution is 0.0695. The first-order chi connectivity index (χ1) is 9.00. The van der Waals surface area contributed by atoms with Gasteiger partial charge in [0.25, 0.3) is 0 Å². The third-order valence-corrected chi connectivity index (χ3v) is 2.50. The van der Waals surface area contributed by atoms with Crippen LogP contribution in [-0.4, -0.2) is 30.2 Å². The number of nitrogens with one attached hydrogen (secondary N) is 2. The topological polar surface area (TPSA) is 78.4 Å². The molecule has 0 aliphatic rings. The lowest BCUT2D eigenvalue weighted by Gasteiger charge is -2.08. The second-order valence-corrected chi connectivity index (χ2v) is 4.37. The fraction of sp³-hybridized carbons (Fsp3) is 0.231. The molecular weight excluding hydrogens is 268 g/mol. The fourth-order valence-corrected chi connectivity index (χ4v) is 1.56. The van der Waals surface area contributed by atoms with Crippen LogP contribution in [0.3, 0.4) is 0 Å². The van der Waals surface area contributed by atoms with Gasteiger partial charge in [-0.25, -0.2) is 9.59 Å². The minimum absolute atomic E-state index is 0.194. The molecule has 3 N–H and O–H groups in total. The fourth-order valence-electron chi connectivity index (χ4n) is 1.50. The molecule has 5 nitrogen and oxygen atoms in total. The first-order valence-electron chi connectivity index (χ1n) is 5.67. The summed E-state index contributed by atoms with van der Waals surface area (Å²) in [5, 5.41) is 14.5. The van der Waals surface area contributed by atoms with E-state index in [-0.39, 0.29) is 18.1 Å². The Kier molecular flexibility index (Phi) is 5.89. The standard InChI is InChI=1S/C13H15ClN2O3/c1-9(14)8-16-13(19)15-7-6-10-4-2-3-5-11(10)12(17)18/h2-5H,1,6-8H2,(H,17,18)(H2,15,16,19). The molecule has 0 spiro atoms. The van der Waals surface area contributed by atoms with E-state index >= 15 is 0 Å². The summed E-state index contributed by atoms with van der Waals surface area (Å²) in [4.78, 5) is 22.3. The van der Waals surface area contributed by atoms with Crippen molar-refractivity contribution in [3.8, 4) is 0 Å². The molecule has 0 unspecified atom stereocenters. The molecule has 0 aromatic heterocycles. The number of hydrogen-bond donors (Lipinski definition) is 3. The summed E-state index contributed by atoms with van der Waals surface area (Å²) in [5.41, 5.74) is 0.927. The van der Waals surface area contributed by atoms with Crippen molar-refractivity contribution < 1.29 is 14.7 Å². The van der Waals surface area contributed by atoms with Gasteiger partial charge < -0.3 is 15.7 Å². The molecule has 0 aliphatic heterocycles. The summed E-state index contributed by atoms with van der Waals surface area (Å²) < 4.78 is 0. The molecular formula is C13H15ClN2O3. The summed E-state index contributed by atoms with van der Waals surface area (Å²) in [7, 11) is 0. The van der Waals surface area contributed by atoms with Crippen molar-refractivity contribution in [3.63, 3.8) is 0 Å². The van der Waals surface area contributed by atoms with Gasteiger partial charge in [0, 0.05) is 11.6 Å². The Bertz CT molecular complexity index is 489. The Morgan fingerprint density at radius 1 is 1.26 bits per heavy atom. The highest BCUT2D eigenvalue weighted by atomic mass is 35.5. The van der Waals surface area contributed by atoms with Gasteiger partial charge in [0.2, 0.25) is 0 Å². The molecule has 1 rings (SSSR count). The van der Waals surface area contributed by atoms with E-state index in [1.165, 1.54) is 6.07 Å². The number of carboxylic acid groups (broad SMARTS) is 1. The number of carboxylic acids is 1. The minimum Gasteiger partial charge on any atom is -0.478 e. The predicted octanol–water partition coefficient (Wildman–Crippen LogP) is 1.98. The van der Waals surface area contributed by atoms with Crippen LogP contribution in [0, 0.1) is 0 Å². The summed E-state index contributed by atoms with van der Waals surface area (Å²) in [6.07, 6.45) is 0.442. The van der Waals surface area contributed by atoms with Crippen molar-refractivity contribution in [2.45, 2.75) is 6.42 Å². The first-order valence-corrected chi connectivity index (χ1v) is 6.04. The monoisotopic (exact) mass is 282 g/mol. The summed E-state index contributed by atoms with van der Waals surface area (Å²) in [5.74, 6) is -0.974. The quantitative estimate of drug-likeness (QED) is 0.746. The number of aromatic carboxylic acids is 1. The van der Waals surface area contributed by atoms with Gasteiger partial charge in [0.05, 0.1) is 12.1 Å². The van der Waals surface area contributed by atoms with Crippen molar-refractivity contribution in [1.82, 2.24) is 10.6 Å². The van der Waals surface area contributed by atoms with E-state index in [0.717, 1.165) is 0 Å². The van der Waals surface area contributed by atoms with E-state index in [2.05, 4.69) is 17.2 Å². The maximum absolute atomic E-state index is 11.3. The first kappa shape index (κ1) is 15.0. The van der Waals surface area contributed by atoms with Gasteiger partial charge in [-0.15, -0.1) is 0 Å². The van der Waals surface area contributed by atoms with E-state index in [1.807, 2.05) is 0 Å². The number of hydrogen-bond acceptors (Lipinski definition) is 2. The third kappa shape index (κ3) is 5.44. The van der Waals surface area contributed by atoms with Crippen LogP contribution < -0.4 is 10.6 Å². The maximum atomic E-state index is 11.3. The second kappa shape index (κ2) is 7.43. The smallest absolute Gasteiger partial charge is 0.335 e. The van der Waals surface area contributed by atoms with Gasteiger partial charge in [-0.2, -0.15) is 0 Å². The Hall–Kier alpha value is -2.01. The van der Waals surface area contributed by atoms with E-state index < -0.39 is 5.97 Å². The van der Waals surface area contributed by atoms with E-state index in [9.17, 15) is 9.59 Å². The van der Waals surface area contributed by atoms with Crippen LogP contribution in [0.15, 0.2) is 35.9 Å². The Morgan fingerprint density at radius 3 is 2.58 bits per heavy atom. The highest BCUT2D eigenvalue weighted by molar-refractivity contribution is 6.29. The highest BCUT2D eigenvalue weighted by Gasteiger charge is 2.08. The van der Waals surface area contributed by atoms with Crippen LogP contribution in [0.4, 0.5) is 4.79 Å². The summed E-state index contributed by atoms with van der Waals surface area (Å²) in [6, 6.07) is 6.33. The van der Waals surface area contributed by atoms with Gasteiger partial charge in [0.1, 0.15) is 0 Å². The Balaban J connectivity index is 2.43. The molecule has 0 heterocycles. The van der Waals surface area contributed by atoms with Gasteiger partial charge >= 0.3 is 12.0 Å². The molecule has 6 heteroatoms. The number of carbonyl (C=O) groups excluding carboxylic acids is 1. The van der Waals surface area contributed by atoms with E-state index in [4.69, 9.17) is 16.7 Å². The minimum atomic E-state index is -0.974. The van der Waals surface area contributed by atoms with Crippen LogP contribution in [0.25, 0.3) is 0 Å². The van der Waals surface area contributed by atoms with Crippen LogP contribution in [0.2, 0.25) is 0 Å². The molecule has 0 saturated carbocycles. The van der Waals surface area contributed by atoms with Crippen LogP contribution in [0.5, 0.6) is 0 Å². The largest absolute Gasteiger partial charge is 0.478 e. The Morgan fingerprint density at radius 2 is 1.95 bits per heavy atom. The predicted molar refractivity (Wildman–Crippen MR) is 73.5 cm³/mol. The van der Waals surface area contributed by atoms with E-state index in [0.29, 0.717) is 23.6 Å². The van der Waals surface area contributed by atoms with Gasteiger partial charge in [-0.1, -0.05) is 36.4 Å². The van der Waals surface area contributed by atoms with Crippen LogP contribution in [0.1, 0.15) is 15.9 Å². The lowest BCUT2D eigenvalue weighted by atomic mass is 10.0. The molecule has 0 aliphatic carbocycles. The number of rotatable bonds is 6. The normalized spacial score (nSPS) is 9.74. The van der Waals surface area contributed by atoms with Crippen molar-refractivity contribution in [2.75, 3.05) is 13.1 Å². The average molecular weight is 283 g/mol.